The Balaban J connectivity index is 2.26. The molecule has 1 fully saturated rings. The van der Waals surface area contributed by atoms with Crippen LogP contribution in [0, 0.1) is 12.8 Å². The van der Waals surface area contributed by atoms with E-state index in [-0.39, 0.29) is 6.61 Å². The minimum Gasteiger partial charge on any atom is -0.396 e. The summed E-state index contributed by atoms with van der Waals surface area (Å²) in [5, 5.41) is 12.8. The average molecular weight is 248 g/mol. The van der Waals surface area contributed by atoms with E-state index in [2.05, 4.69) is 48.3 Å². The number of aryl methyl sites for hydroxylation is 1. The second-order valence-electron chi connectivity index (χ2n) is 5.37. The molecule has 0 spiro atoms. The number of nitrogens with one attached hydrogen (secondary N) is 1. The highest BCUT2D eigenvalue weighted by Crippen LogP contribution is 2.25. The Hall–Kier alpha value is -1.06. The van der Waals surface area contributed by atoms with Crippen molar-refractivity contribution in [3.63, 3.8) is 0 Å². The van der Waals surface area contributed by atoms with Crippen molar-refractivity contribution in [2.24, 2.45) is 5.92 Å². The van der Waals surface area contributed by atoms with Crippen LogP contribution >= 0.6 is 0 Å². The van der Waals surface area contributed by atoms with Crippen LogP contribution in [0.25, 0.3) is 0 Å². The third-order valence-electron chi connectivity index (χ3n) is 3.71. The zero-order chi connectivity index (χ0) is 13.0. The second-order valence-corrected chi connectivity index (χ2v) is 5.37. The number of para-hydroxylation sites is 1. The van der Waals surface area contributed by atoms with E-state index in [1.54, 1.807) is 0 Å². The molecule has 1 aliphatic rings. The summed E-state index contributed by atoms with van der Waals surface area (Å²) in [6.07, 6.45) is 0.827. The van der Waals surface area contributed by atoms with Crippen LogP contribution in [0.2, 0.25) is 0 Å². The van der Waals surface area contributed by atoms with Crippen LogP contribution in [0.4, 0.5) is 5.69 Å². The van der Waals surface area contributed by atoms with Crippen LogP contribution < -0.4 is 10.2 Å². The zero-order valence-electron chi connectivity index (χ0n) is 11.4. The molecular formula is C15H24N2O. The molecule has 1 saturated heterocycles. The van der Waals surface area contributed by atoms with Crippen molar-refractivity contribution in [2.45, 2.75) is 26.3 Å². The van der Waals surface area contributed by atoms with E-state index in [0.717, 1.165) is 26.1 Å². The first-order valence-corrected chi connectivity index (χ1v) is 6.86. The fraction of sp³-hybridized carbons (Fsp3) is 0.600. The van der Waals surface area contributed by atoms with Crippen molar-refractivity contribution in [1.29, 1.82) is 0 Å². The van der Waals surface area contributed by atoms with E-state index in [4.69, 9.17) is 0 Å². The normalized spacial score (nSPS) is 24.9. The molecule has 0 radical (unpaired) electrons. The van der Waals surface area contributed by atoms with Crippen molar-refractivity contribution in [1.82, 2.24) is 5.32 Å². The summed E-state index contributed by atoms with van der Waals surface area (Å²) in [4.78, 5) is 2.47. The maximum atomic E-state index is 9.26. The van der Waals surface area contributed by atoms with Crippen molar-refractivity contribution in [3.8, 4) is 0 Å². The van der Waals surface area contributed by atoms with Crippen molar-refractivity contribution in [2.75, 3.05) is 31.1 Å². The van der Waals surface area contributed by atoms with Gasteiger partial charge in [0.05, 0.1) is 0 Å². The highest BCUT2D eigenvalue weighted by atomic mass is 16.3. The minimum absolute atomic E-state index is 0.253. The Morgan fingerprint density at radius 2 is 2.11 bits per heavy atom. The van der Waals surface area contributed by atoms with Crippen LogP contribution in [-0.2, 0) is 0 Å². The molecule has 1 aliphatic heterocycles. The number of rotatable bonds is 3. The summed E-state index contributed by atoms with van der Waals surface area (Å²) in [6, 6.07) is 8.92. The van der Waals surface area contributed by atoms with Crippen LogP contribution in [0.15, 0.2) is 24.3 Å². The smallest absolute Gasteiger partial charge is 0.0451 e. The predicted molar refractivity (Wildman–Crippen MR) is 76.0 cm³/mol. The average Bonchev–Trinajstić information content (AvgIpc) is 2.53. The standard InChI is InChI=1S/C15H24N2O/c1-12-9-16-10-14(7-8-18)17(11-12)15-6-4-3-5-13(15)2/h3-6,12,14,16,18H,7-11H2,1-2H3. The molecule has 2 N–H and O–H groups in total. The molecule has 0 amide bonds. The fourth-order valence-corrected chi connectivity index (χ4v) is 2.74. The number of nitrogens with zero attached hydrogens (tertiary/aromatic N) is 1. The molecule has 100 valence electrons. The summed E-state index contributed by atoms with van der Waals surface area (Å²) in [7, 11) is 0. The van der Waals surface area contributed by atoms with E-state index in [9.17, 15) is 5.11 Å². The van der Waals surface area contributed by atoms with Crippen LogP contribution in [0.1, 0.15) is 18.9 Å². The maximum absolute atomic E-state index is 9.26. The van der Waals surface area contributed by atoms with Gasteiger partial charge in [-0.1, -0.05) is 25.1 Å². The monoisotopic (exact) mass is 248 g/mol. The topological polar surface area (TPSA) is 35.5 Å². The second kappa shape index (κ2) is 6.21. The Bertz CT molecular complexity index is 381. The molecule has 0 aromatic heterocycles. The maximum Gasteiger partial charge on any atom is 0.0451 e. The lowest BCUT2D eigenvalue weighted by Gasteiger charge is -2.33. The third kappa shape index (κ3) is 3.03. The number of anilines is 1. The molecule has 2 unspecified atom stereocenters. The Labute approximate surface area is 110 Å². The Morgan fingerprint density at radius 1 is 1.33 bits per heavy atom. The van der Waals surface area contributed by atoms with E-state index >= 15 is 0 Å². The lowest BCUT2D eigenvalue weighted by atomic mass is 10.1. The summed E-state index contributed by atoms with van der Waals surface area (Å²) < 4.78 is 0. The van der Waals surface area contributed by atoms with Gasteiger partial charge in [-0.05, 0) is 37.4 Å². The molecule has 0 aliphatic carbocycles. The number of benzene rings is 1. The number of hydrogen-bond acceptors (Lipinski definition) is 3. The van der Waals surface area contributed by atoms with Gasteiger partial charge in [0.2, 0.25) is 0 Å². The molecule has 3 nitrogen and oxygen atoms in total. The lowest BCUT2D eigenvalue weighted by Crippen LogP contribution is -2.41. The minimum atomic E-state index is 0.253. The molecule has 1 aromatic carbocycles. The van der Waals surface area contributed by atoms with Gasteiger partial charge in [0.25, 0.3) is 0 Å². The van der Waals surface area contributed by atoms with Gasteiger partial charge in [-0.25, -0.2) is 0 Å². The molecule has 3 heteroatoms. The summed E-state index contributed by atoms with van der Waals surface area (Å²) in [5.74, 6) is 0.633. The molecular weight excluding hydrogens is 224 g/mol. The predicted octanol–water partition coefficient (Wildman–Crippen LogP) is 1.79. The van der Waals surface area contributed by atoms with Crippen LogP contribution in [0.3, 0.4) is 0 Å². The number of aliphatic hydroxyl groups is 1. The molecule has 1 aromatic rings. The Morgan fingerprint density at radius 3 is 2.83 bits per heavy atom. The number of hydrogen-bond donors (Lipinski definition) is 2. The van der Waals surface area contributed by atoms with E-state index < -0.39 is 0 Å². The van der Waals surface area contributed by atoms with Gasteiger partial charge < -0.3 is 15.3 Å². The van der Waals surface area contributed by atoms with Gasteiger partial charge in [0.15, 0.2) is 0 Å². The lowest BCUT2D eigenvalue weighted by molar-refractivity contribution is 0.272. The zero-order valence-corrected chi connectivity index (χ0v) is 11.4. The highest BCUT2D eigenvalue weighted by Gasteiger charge is 2.24. The molecule has 2 rings (SSSR count). The number of aliphatic hydroxyl groups excluding tert-OH is 1. The van der Waals surface area contributed by atoms with Crippen LogP contribution in [-0.4, -0.2) is 37.4 Å². The summed E-state index contributed by atoms with van der Waals surface area (Å²) in [6.45, 7) is 7.77. The van der Waals surface area contributed by atoms with Gasteiger partial charge in [0, 0.05) is 31.4 Å². The third-order valence-corrected chi connectivity index (χ3v) is 3.71. The molecule has 0 saturated carbocycles. The molecule has 1 heterocycles. The van der Waals surface area contributed by atoms with E-state index in [1.165, 1.54) is 11.3 Å². The quantitative estimate of drug-likeness (QED) is 0.856. The van der Waals surface area contributed by atoms with E-state index in [1.807, 2.05) is 0 Å². The van der Waals surface area contributed by atoms with Crippen molar-refractivity contribution < 1.29 is 5.11 Å². The van der Waals surface area contributed by atoms with Gasteiger partial charge in [-0.2, -0.15) is 0 Å². The van der Waals surface area contributed by atoms with Gasteiger partial charge in [-0.15, -0.1) is 0 Å². The summed E-state index contributed by atoms with van der Waals surface area (Å²) >= 11 is 0. The molecule has 0 bridgehead atoms. The molecule has 2 atom stereocenters. The Kier molecular flexibility index (Phi) is 4.61. The first-order valence-electron chi connectivity index (χ1n) is 6.86. The first kappa shape index (κ1) is 13.4. The van der Waals surface area contributed by atoms with Crippen molar-refractivity contribution in [3.05, 3.63) is 29.8 Å². The van der Waals surface area contributed by atoms with E-state index in [0.29, 0.717) is 12.0 Å². The van der Waals surface area contributed by atoms with Gasteiger partial charge in [-0.3, -0.25) is 0 Å². The molecule has 18 heavy (non-hydrogen) atoms. The highest BCUT2D eigenvalue weighted by molar-refractivity contribution is 5.54. The van der Waals surface area contributed by atoms with Crippen molar-refractivity contribution >= 4 is 5.69 Å². The SMILES string of the molecule is Cc1ccccc1N1CC(C)CNCC1CCO. The first-order chi connectivity index (χ1) is 8.72. The summed E-state index contributed by atoms with van der Waals surface area (Å²) in [5.41, 5.74) is 2.63. The van der Waals surface area contributed by atoms with Crippen LogP contribution in [0.5, 0.6) is 0 Å². The van der Waals surface area contributed by atoms with Gasteiger partial charge in [0.1, 0.15) is 0 Å². The largest absolute Gasteiger partial charge is 0.396 e. The fourth-order valence-electron chi connectivity index (χ4n) is 2.74. The van der Waals surface area contributed by atoms with Gasteiger partial charge >= 0.3 is 0 Å².